The summed E-state index contributed by atoms with van der Waals surface area (Å²) in [4.78, 5) is 29.8. The van der Waals surface area contributed by atoms with E-state index in [4.69, 9.17) is 0 Å². The zero-order valence-corrected chi connectivity index (χ0v) is 18.0. The first-order valence-corrected chi connectivity index (χ1v) is 10.6. The number of rotatable bonds is 5. The van der Waals surface area contributed by atoms with E-state index in [1.165, 1.54) is 17.0 Å². The summed E-state index contributed by atoms with van der Waals surface area (Å²) in [7, 11) is 0. The largest absolute Gasteiger partial charge is 0.416 e. The van der Waals surface area contributed by atoms with Gasteiger partial charge in [-0.1, -0.05) is 0 Å². The summed E-state index contributed by atoms with van der Waals surface area (Å²) >= 11 is 0. The van der Waals surface area contributed by atoms with Gasteiger partial charge in [0.2, 0.25) is 5.91 Å². The van der Waals surface area contributed by atoms with E-state index in [9.17, 15) is 22.8 Å². The zero-order chi connectivity index (χ0) is 23.6. The van der Waals surface area contributed by atoms with Gasteiger partial charge in [-0.15, -0.1) is 0 Å². The Hall–Kier alpha value is -3.62. The van der Waals surface area contributed by atoms with Crippen LogP contribution < -0.4 is 10.2 Å². The van der Waals surface area contributed by atoms with Crippen LogP contribution >= 0.6 is 0 Å². The lowest BCUT2D eigenvalue weighted by Crippen LogP contribution is -2.38. The molecule has 0 saturated carbocycles. The number of nitrogens with one attached hydrogen (secondary N) is 1. The Morgan fingerprint density at radius 3 is 2.36 bits per heavy atom. The summed E-state index contributed by atoms with van der Waals surface area (Å²) in [6.07, 6.45) is 0.456. The van der Waals surface area contributed by atoms with Crippen LogP contribution in [0.5, 0.6) is 0 Å². The Morgan fingerprint density at radius 2 is 1.79 bits per heavy atom. The average molecular weight is 456 g/mol. The van der Waals surface area contributed by atoms with Crippen LogP contribution in [0.3, 0.4) is 0 Å². The second-order valence-electron chi connectivity index (χ2n) is 8.15. The van der Waals surface area contributed by atoms with Crippen LogP contribution in [0.25, 0.3) is 5.69 Å². The first-order chi connectivity index (χ1) is 15.7. The number of halogens is 3. The second kappa shape index (κ2) is 9.09. The van der Waals surface area contributed by atoms with Crippen molar-refractivity contribution in [2.75, 3.05) is 23.3 Å². The molecule has 4 rings (SSSR count). The number of nitrogens with zero attached hydrogens (tertiary/aromatic N) is 3. The van der Waals surface area contributed by atoms with Gasteiger partial charge < -0.3 is 14.8 Å². The molecule has 6 nitrogen and oxygen atoms in total. The fourth-order valence-corrected chi connectivity index (χ4v) is 3.97. The molecule has 33 heavy (non-hydrogen) atoms. The van der Waals surface area contributed by atoms with Gasteiger partial charge in [-0.3, -0.25) is 9.59 Å². The standard InChI is InChI=1S/C24H23F3N4O2/c1-16-13-31(15-28-16)22-11-19(24(25,26)27)10-20(12-22)29-23(33)18-6-8-30(9-7-18)21-4-2-17(14-32)3-5-21/h2-5,10-15,18H,6-9H2,1H3,(H,29,33). The van der Waals surface area contributed by atoms with E-state index in [0.717, 1.165) is 24.1 Å². The van der Waals surface area contributed by atoms with Gasteiger partial charge in [-0.2, -0.15) is 13.2 Å². The highest BCUT2D eigenvalue weighted by Crippen LogP contribution is 2.33. The van der Waals surface area contributed by atoms with E-state index < -0.39 is 11.7 Å². The summed E-state index contributed by atoms with van der Waals surface area (Å²) in [5.74, 6) is -0.595. The zero-order valence-electron chi connectivity index (χ0n) is 18.0. The van der Waals surface area contributed by atoms with Crippen molar-refractivity contribution in [3.05, 3.63) is 71.8 Å². The highest BCUT2D eigenvalue weighted by atomic mass is 19.4. The smallest absolute Gasteiger partial charge is 0.371 e. The molecule has 1 N–H and O–H groups in total. The fourth-order valence-electron chi connectivity index (χ4n) is 3.97. The van der Waals surface area contributed by atoms with Gasteiger partial charge >= 0.3 is 6.18 Å². The summed E-state index contributed by atoms with van der Waals surface area (Å²) in [6, 6.07) is 10.7. The van der Waals surface area contributed by atoms with E-state index in [2.05, 4.69) is 15.2 Å². The third-order valence-electron chi connectivity index (χ3n) is 5.78. The van der Waals surface area contributed by atoms with Gasteiger partial charge in [0.1, 0.15) is 6.29 Å². The number of carbonyl (C=O) groups excluding carboxylic acids is 2. The molecule has 9 heteroatoms. The molecule has 1 amide bonds. The lowest BCUT2D eigenvalue weighted by Gasteiger charge is -2.33. The van der Waals surface area contributed by atoms with Crippen molar-refractivity contribution in [2.24, 2.45) is 5.92 Å². The molecule has 1 saturated heterocycles. The van der Waals surface area contributed by atoms with Gasteiger partial charge in [-0.05, 0) is 62.2 Å². The quantitative estimate of drug-likeness (QED) is 0.557. The SMILES string of the molecule is Cc1cn(-c2cc(NC(=O)C3CCN(c4ccc(C=O)cc4)CC3)cc(C(F)(F)F)c2)cn1. The first-order valence-electron chi connectivity index (χ1n) is 10.6. The van der Waals surface area contributed by atoms with Crippen molar-refractivity contribution in [1.29, 1.82) is 0 Å². The van der Waals surface area contributed by atoms with E-state index >= 15 is 0 Å². The maximum absolute atomic E-state index is 13.5. The maximum atomic E-state index is 13.5. The molecular formula is C24H23F3N4O2. The van der Waals surface area contributed by atoms with Gasteiger partial charge in [0, 0.05) is 47.8 Å². The highest BCUT2D eigenvalue weighted by Gasteiger charge is 2.32. The molecule has 0 atom stereocenters. The van der Waals surface area contributed by atoms with Crippen LogP contribution in [0.1, 0.15) is 34.5 Å². The molecule has 0 unspecified atom stereocenters. The highest BCUT2D eigenvalue weighted by molar-refractivity contribution is 5.93. The predicted molar refractivity (Wildman–Crippen MR) is 119 cm³/mol. The van der Waals surface area contributed by atoms with Crippen LogP contribution in [-0.4, -0.2) is 34.8 Å². The number of hydrogen-bond acceptors (Lipinski definition) is 4. The van der Waals surface area contributed by atoms with Crippen LogP contribution in [0, 0.1) is 12.8 Å². The monoisotopic (exact) mass is 456 g/mol. The number of hydrogen-bond donors (Lipinski definition) is 1. The van der Waals surface area contributed by atoms with Gasteiger partial charge in [0.25, 0.3) is 0 Å². The number of aldehydes is 1. The summed E-state index contributed by atoms with van der Waals surface area (Å²) in [5.41, 5.74) is 1.77. The predicted octanol–water partition coefficient (Wildman–Crippen LogP) is 4.87. The molecule has 0 radical (unpaired) electrons. The minimum atomic E-state index is -4.55. The van der Waals surface area contributed by atoms with Crippen LogP contribution in [0.2, 0.25) is 0 Å². The number of benzene rings is 2. The molecule has 0 spiro atoms. The van der Waals surface area contributed by atoms with Gasteiger partial charge in [0.15, 0.2) is 0 Å². The molecule has 1 aliphatic heterocycles. The molecule has 172 valence electrons. The fraction of sp³-hybridized carbons (Fsp3) is 0.292. The third-order valence-corrected chi connectivity index (χ3v) is 5.78. The molecule has 3 aromatic rings. The third kappa shape index (κ3) is 5.24. The lowest BCUT2D eigenvalue weighted by molar-refractivity contribution is -0.137. The number of carbonyl (C=O) groups is 2. The number of aromatic nitrogens is 2. The van der Waals surface area contributed by atoms with Crippen molar-refractivity contribution in [1.82, 2.24) is 9.55 Å². The van der Waals surface area contributed by atoms with Gasteiger partial charge in [0.05, 0.1) is 17.6 Å². The number of imidazole rings is 1. The number of aryl methyl sites for hydroxylation is 1. The Balaban J connectivity index is 1.46. The molecule has 2 aromatic carbocycles. The summed E-state index contributed by atoms with van der Waals surface area (Å²) < 4.78 is 41.8. The number of anilines is 2. The normalized spacial score (nSPS) is 14.8. The second-order valence-corrected chi connectivity index (χ2v) is 8.15. The molecular weight excluding hydrogens is 433 g/mol. The van der Waals surface area contributed by atoms with E-state index in [1.807, 2.05) is 12.1 Å². The van der Waals surface area contributed by atoms with Gasteiger partial charge in [-0.25, -0.2) is 4.98 Å². The molecule has 0 aliphatic carbocycles. The van der Waals surface area contributed by atoms with E-state index in [0.29, 0.717) is 37.2 Å². The average Bonchev–Trinajstić information content (AvgIpc) is 3.25. The van der Waals surface area contributed by atoms with Crippen molar-refractivity contribution in [2.45, 2.75) is 25.9 Å². The van der Waals surface area contributed by atoms with Crippen LogP contribution in [0.4, 0.5) is 24.5 Å². The molecule has 0 bridgehead atoms. The Bertz CT molecular complexity index is 1150. The number of alkyl halides is 3. The summed E-state index contributed by atoms with van der Waals surface area (Å²) in [5, 5.41) is 2.68. The van der Waals surface area contributed by atoms with Crippen LogP contribution in [0.15, 0.2) is 55.0 Å². The first kappa shape index (κ1) is 22.6. The number of amides is 1. The van der Waals surface area contributed by atoms with Crippen molar-refractivity contribution < 1.29 is 22.8 Å². The Morgan fingerprint density at radius 1 is 1.09 bits per heavy atom. The van der Waals surface area contributed by atoms with E-state index in [1.54, 1.807) is 25.3 Å². The minimum Gasteiger partial charge on any atom is -0.371 e. The molecule has 2 heterocycles. The maximum Gasteiger partial charge on any atom is 0.416 e. The Kier molecular flexibility index (Phi) is 6.22. The minimum absolute atomic E-state index is 0.100. The molecule has 1 fully saturated rings. The summed E-state index contributed by atoms with van der Waals surface area (Å²) in [6.45, 7) is 3.02. The topological polar surface area (TPSA) is 67.2 Å². The van der Waals surface area contributed by atoms with E-state index in [-0.39, 0.29) is 23.2 Å². The van der Waals surface area contributed by atoms with Crippen molar-refractivity contribution >= 4 is 23.6 Å². The Labute approximate surface area is 189 Å². The molecule has 1 aliphatic rings. The lowest BCUT2D eigenvalue weighted by atomic mass is 9.95. The number of piperidine rings is 1. The van der Waals surface area contributed by atoms with Crippen molar-refractivity contribution in [3.63, 3.8) is 0 Å². The van der Waals surface area contributed by atoms with Crippen LogP contribution in [-0.2, 0) is 11.0 Å². The molecule has 1 aromatic heterocycles. The van der Waals surface area contributed by atoms with Crippen molar-refractivity contribution in [3.8, 4) is 5.69 Å².